The Morgan fingerprint density at radius 2 is 1.74 bits per heavy atom. The van der Waals surface area contributed by atoms with Gasteiger partial charge in [-0.25, -0.2) is 13.8 Å². The van der Waals surface area contributed by atoms with Crippen LogP contribution in [0.4, 0.5) is 22.0 Å². The van der Waals surface area contributed by atoms with Gasteiger partial charge in [0.25, 0.3) is 0 Å². The quantitative estimate of drug-likeness (QED) is 0.448. The molecule has 1 aliphatic rings. The first-order valence-electron chi connectivity index (χ1n) is 10.3. The number of aromatic nitrogens is 1. The molecule has 0 unspecified atom stereocenters. The number of hydrogen-bond acceptors (Lipinski definition) is 4. The molecule has 0 spiro atoms. The Labute approximate surface area is 191 Å². The Balaban J connectivity index is 1.81. The lowest BCUT2D eigenvalue weighted by Crippen LogP contribution is -2.23. The largest absolute Gasteiger partial charge is 0.545 e. The maximum absolute atomic E-state index is 14.0. The van der Waals surface area contributed by atoms with Gasteiger partial charge in [0.2, 0.25) is 5.88 Å². The molecule has 0 amide bonds. The van der Waals surface area contributed by atoms with Gasteiger partial charge in [-0.15, -0.1) is 0 Å². The van der Waals surface area contributed by atoms with Gasteiger partial charge in [0, 0.05) is 22.9 Å². The van der Waals surface area contributed by atoms with Crippen molar-refractivity contribution in [3.63, 3.8) is 0 Å². The molecule has 1 aromatic heterocycles. The molecule has 0 N–H and O–H groups in total. The number of ether oxygens (including phenoxy) is 1. The molecule has 4 nitrogen and oxygen atoms in total. The first-order valence-corrected chi connectivity index (χ1v) is 10.3. The van der Waals surface area contributed by atoms with Crippen LogP contribution in [0.3, 0.4) is 0 Å². The van der Waals surface area contributed by atoms with Crippen molar-refractivity contribution in [1.29, 1.82) is 0 Å². The molecular formula is C25H17F5NO3-. The van der Waals surface area contributed by atoms with E-state index >= 15 is 0 Å². The standard InChI is InChI=1S/C25H18F5NO3/c26-21-7-2-1-4-15(21)13-34-23-19(11-16(12-31-23)25(28,29)30)18-6-3-5-17(18)14-8-9-22(27)20(10-14)24(32)33/h1-2,4,7-12H,3,5-6,13H2,(H,32,33)/p-1. The number of allylic oxidation sites excluding steroid dienone is 2. The summed E-state index contributed by atoms with van der Waals surface area (Å²) < 4.78 is 73.8. The van der Waals surface area contributed by atoms with Crippen molar-refractivity contribution >= 4 is 17.1 Å². The van der Waals surface area contributed by atoms with Gasteiger partial charge in [-0.2, -0.15) is 13.2 Å². The highest BCUT2D eigenvalue weighted by Gasteiger charge is 2.33. The number of benzene rings is 2. The smallest absolute Gasteiger partial charge is 0.417 e. The molecule has 0 aliphatic heterocycles. The third kappa shape index (κ3) is 4.78. The van der Waals surface area contributed by atoms with Crippen LogP contribution in [0.5, 0.6) is 5.88 Å². The Bertz CT molecular complexity index is 1280. The topological polar surface area (TPSA) is 62.2 Å². The monoisotopic (exact) mass is 474 g/mol. The molecule has 0 radical (unpaired) electrons. The van der Waals surface area contributed by atoms with Crippen molar-refractivity contribution in [3.05, 3.63) is 94.2 Å². The van der Waals surface area contributed by atoms with Crippen LogP contribution in [-0.4, -0.2) is 11.0 Å². The number of nitrogens with zero attached hydrogens (tertiary/aromatic N) is 1. The second kappa shape index (κ2) is 9.24. The number of alkyl halides is 3. The van der Waals surface area contributed by atoms with Gasteiger partial charge >= 0.3 is 6.18 Å². The summed E-state index contributed by atoms with van der Waals surface area (Å²) in [5.41, 5.74) is 0.0114. The molecule has 0 fully saturated rings. The Hall–Kier alpha value is -3.75. The minimum Gasteiger partial charge on any atom is -0.545 e. The molecule has 0 bridgehead atoms. The number of hydrogen-bond donors (Lipinski definition) is 0. The van der Waals surface area contributed by atoms with Gasteiger partial charge in [-0.3, -0.25) is 0 Å². The van der Waals surface area contributed by atoms with Crippen LogP contribution >= 0.6 is 0 Å². The summed E-state index contributed by atoms with van der Waals surface area (Å²) in [7, 11) is 0. The van der Waals surface area contributed by atoms with Gasteiger partial charge in [-0.1, -0.05) is 24.3 Å². The molecule has 1 heterocycles. The van der Waals surface area contributed by atoms with E-state index in [0.717, 1.165) is 18.2 Å². The van der Waals surface area contributed by atoms with E-state index in [-0.39, 0.29) is 23.6 Å². The fraction of sp³-hybridized carbons (Fsp3) is 0.200. The van der Waals surface area contributed by atoms with Crippen molar-refractivity contribution < 1.29 is 36.6 Å². The SMILES string of the molecule is O=C([O-])c1cc(C2=C(c3cc(C(F)(F)F)cnc3OCc3ccccc3F)CCC2)ccc1F. The van der Waals surface area contributed by atoms with Crippen molar-refractivity contribution in [2.45, 2.75) is 32.0 Å². The maximum Gasteiger partial charge on any atom is 0.417 e. The third-order valence-electron chi connectivity index (χ3n) is 5.58. The van der Waals surface area contributed by atoms with Crippen LogP contribution in [0.2, 0.25) is 0 Å². The molecule has 0 saturated heterocycles. The zero-order valence-electron chi connectivity index (χ0n) is 17.6. The third-order valence-corrected chi connectivity index (χ3v) is 5.58. The van der Waals surface area contributed by atoms with Gasteiger partial charge in [0.05, 0.1) is 11.5 Å². The molecule has 1 aliphatic carbocycles. The highest BCUT2D eigenvalue weighted by molar-refractivity contribution is 5.96. The average Bonchev–Trinajstić information content (AvgIpc) is 3.27. The lowest BCUT2D eigenvalue weighted by Gasteiger charge is -2.17. The highest BCUT2D eigenvalue weighted by atomic mass is 19.4. The second-order valence-electron chi connectivity index (χ2n) is 7.75. The van der Waals surface area contributed by atoms with Crippen LogP contribution in [0.25, 0.3) is 11.1 Å². The molecule has 9 heteroatoms. The Morgan fingerprint density at radius 3 is 2.44 bits per heavy atom. The molecule has 0 atom stereocenters. The van der Waals surface area contributed by atoms with Crippen molar-refractivity contribution in [1.82, 2.24) is 4.98 Å². The van der Waals surface area contributed by atoms with Crippen LogP contribution in [-0.2, 0) is 12.8 Å². The van der Waals surface area contributed by atoms with E-state index in [4.69, 9.17) is 4.74 Å². The van der Waals surface area contributed by atoms with E-state index in [9.17, 15) is 31.9 Å². The number of carbonyl (C=O) groups excluding carboxylic acids is 1. The zero-order valence-corrected chi connectivity index (χ0v) is 17.6. The van der Waals surface area contributed by atoms with E-state index in [1.54, 1.807) is 6.07 Å². The van der Waals surface area contributed by atoms with Gasteiger partial charge < -0.3 is 14.6 Å². The molecule has 34 heavy (non-hydrogen) atoms. The van der Waals surface area contributed by atoms with E-state index in [2.05, 4.69) is 4.98 Å². The maximum atomic E-state index is 14.0. The van der Waals surface area contributed by atoms with E-state index in [1.165, 1.54) is 24.3 Å². The lowest BCUT2D eigenvalue weighted by atomic mass is 9.95. The van der Waals surface area contributed by atoms with Crippen molar-refractivity contribution in [2.75, 3.05) is 0 Å². The van der Waals surface area contributed by atoms with Crippen LogP contribution < -0.4 is 9.84 Å². The average molecular weight is 474 g/mol. The molecule has 176 valence electrons. The normalized spacial score (nSPS) is 13.9. The summed E-state index contributed by atoms with van der Waals surface area (Å²) in [5.74, 6) is -3.32. The highest BCUT2D eigenvalue weighted by Crippen LogP contribution is 2.44. The van der Waals surface area contributed by atoms with Crippen LogP contribution in [0, 0.1) is 11.6 Å². The summed E-state index contributed by atoms with van der Waals surface area (Å²) in [5, 5.41) is 11.2. The number of carboxylic acid groups (broad SMARTS) is 1. The number of halogens is 5. The van der Waals surface area contributed by atoms with Crippen LogP contribution in [0.15, 0.2) is 54.7 Å². The summed E-state index contributed by atoms with van der Waals surface area (Å²) in [4.78, 5) is 15.1. The van der Waals surface area contributed by atoms with E-state index < -0.39 is 34.9 Å². The molecule has 0 saturated carbocycles. The van der Waals surface area contributed by atoms with E-state index in [0.29, 0.717) is 42.2 Å². The summed E-state index contributed by atoms with van der Waals surface area (Å²) in [6.07, 6.45) is -2.65. The lowest BCUT2D eigenvalue weighted by molar-refractivity contribution is -0.255. The summed E-state index contributed by atoms with van der Waals surface area (Å²) in [6.45, 7) is -0.258. The van der Waals surface area contributed by atoms with Gasteiger partial charge in [0.1, 0.15) is 18.2 Å². The van der Waals surface area contributed by atoms with Gasteiger partial charge in [0.15, 0.2) is 0 Å². The molecule has 3 aromatic rings. The predicted molar refractivity (Wildman–Crippen MR) is 111 cm³/mol. The number of carbonyl (C=O) groups is 1. The summed E-state index contributed by atoms with van der Waals surface area (Å²) >= 11 is 0. The first kappa shape index (κ1) is 23.4. The molecule has 4 rings (SSSR count). The first-order chi connectivity index (χ1) is 16.1. The Kier molecular flexibility index (Phi) is 6.37. The fourth-order valence-corrected chi connectivity index (χ4v) is 3.93. The molecule has 2 aromatic carbocycles. The second-order valence-corrected chi connectivity index (χ2v) is 7.75. The predicted octanol–water partition coefficient (Wildman–Crippen LogP) is 5.42. The van der Waals surface area contributed by atoms with Crippen molar-refractivity contribution in [2.24, 2.45) is 0 Å². The number of carboxylic acids is 1. The minimum atomic E-state index is -4.66. The van der Waals surface area contributed by atoms with Crippen LogP contribution in [0.1, 0.15) is 51.9 Å². The number of pyridine rings is 1. The van der Waals surface area contributed by atoms with Crippen molar-refractivity contribution in [3.8, 4) is 5.88 Å². The molecular weight excluding hydrogens is 457 g/mol. The minimum absolute atomic E-state index is 0.0676. The van der Waals surface area contributed by atoms with E-state index in [1.807, 2.05) is 0 Å². The number of rotatable bonds is 6. The fourth-order valence-electron chi connectivity index (χ4n) is 3.93. The number of aromatic carboxylic acids is 1. The summed E-state index contributed by atoms with van der Waals surface area (Å²) in [6, 6.07) is 10.2. The van der Waals surface area contributed by atoms with Gasteiger partial charge in [-0.05, 0) is 60.2 Å². The zero-order chi connectivity index (χ0) is 24.5. The Morgan fingerprint density at radius 1 is 1.00 bits per heavy atom.